The summed E-state index contributed by atoms with van der Waals surface area (Å²) in [5, 5.41) is 0.534. The van der Waals surface area contributed by atoms with Crippen LogP contribution in [0.5, 0.6) is 0 Å². The quantitative estimate of drug-likeness (QED) is 0.608. The first kappa shape index (κ1) is 15.5. The fraction of sp³-hybridized carbons (Fsp3) is 0.467. The van der Waals surface area contributed by atoms with E-state index < -0.39 is 10.2 Å². The lowest BCUT2D eigenvalue weighted by Crippen LogP contribution is -2.48. The van der Waals surface area contributed by atoms with E-state index in [1.54, 1.807) is 24.8 Å². The molecule has 0 radical (unpaired) electrons. The summed E-state index contributed by atoms with van der Waals surface area (Å²) in [6.45, 7) is 4.16. The molecule has 0 aliphatic carbocycles. The Morgan fingerprint density at radius 3 is 2.65 bits per heavy atom. The number of amides is 1. The summed E-state index contributed by atoms with van der Waals surface area (Å²) in [5.74, 6) is -0.810. The van der Waals surface area contributed by atoms with Crippen molar-refractivity contribution in [1.29, 1.82) is 0 Å². The maximum Gasteiger partial charge on any atom is 0.237 e. The van der Waals surface area contributed by atoms with Gasteiger partial charge >= 0.3 is 0 Å². The number of halogens is 2. The molecule has 0 spiro atoms. The highest BCUT2D eigenvalue weighted by molar-refractivity contribution is 9.10. The first-order chi connectivity index (χ1) is 9.32. The van der Waals surface area contributed by atoms with Gasteiger partial charge in [0.05, 0.1) is 21.0 Å². The number of benzene rings is 1. The zero-order valence-electron chi connectivity index (χ0n) is 11.5. The maximum atomic E-state index is 12.6. The van der Waals surface area contributed by atoms with Gasteiger partial charge in [0.15, 0.2) is 5.78 Å². The van der Waals surface area contributed by atoms with Crippen molar-refractivity contribution in [2.24, 2.45) is 5.92 Å². The Hall–Kier alpha value is -0.870. The van der Waals surface area contributed by atoms with Gasteiger partial charge < -0.3 is 4.90 Å². The molecular weight excluding hydrogens is 342 g/mol. The van der Waals surface area contributed by atoms with Gasteiger partial charge in [0.2, 0.25) is 5.91 Å². The van der Waals surface area contributed by atoms with Gasteiger partial charge in [0, 0.05) is 6.54 Å². The second-order valence-corrected chi connectivity index (χ2v) is 7.86. The Morgan fingerprint density at radius 1 is 1.40 bits per heavy atom. The van der Waals surface area contributed by atoms with Crippen LogP contribution in [0.15, 0.2) is 24.3 Å². The van der Waals surface area contributed by atoms with E-state index in [9.17, 15) is 9.59 Å². The van der Waals surface area contributed by atoms with Crippen molar-refractivity contribution >= 4 is 44.9 Å². The molecule has 0 bridgehead atoms. The number of nitrogens with zero attached hydrogens (tertiary/aromatic N) is 1. The molecule has 108 valence electrons. The molecule has 3 nitrogen and oxygen atoms in total. The molecule has 1 saturated heterocycles. The van der Waals surface area contributed by atoms with Crippen LogP contribution in [0.1, 0.15) is 26.7 Å². The molecule has 1 fully saturated rings. The van der Waals surface area contributed by atoms with Crippen LogP contribution >= 0.6 is 27.5 Å². The van der Waals surface area contributed by atoms with Crippen LogP contribution in [-0.2, 0) is 9.59 Å². The van der Waals surface area contributed by atoms with Crippen molar-refractivity contribution < 1.29 is 9.59 Å². The number of hydrogen-bond acceptors (Lipinski definition) is 2. The van der Waals surface area contributed by atoms with E-state index in [2.05, 4.69) is 15.9 Å². The number of alkyl halides is 1. The second-order valence-electron chi connectivity index (χ2n) is 5.47. The van der Waals surface area contributed by atoms with E-state index in [0.717, 1.165) is 6.42 Å². The van der Waals surface area contributed by atoms with Gasteiger partial charge in [-0.2, -0.15) is 0 Å². The Morgan fingerprint density at radius 2 is 2.05 bits per heavy atom. The van der Waals surface area contributed by atoms with Crippen molar-refractivity contribution in [3.8, 4) is 0 Å². The summed E-state index contributed by atoms with van der Waals surface area (Å²) >= 11 is 9.50. The highest BCUT2D eigenvalue weighted by atomic mass is 79.9. The molecule has 2 rings (SSSR count). The molecule has 1 unspecified atom stereocenters. The van der Waals surface area contributed by atoms with Crippen molar-refractivity contribution in [3.63, 3.8) is 0 Å². The van der Waals surface area contributed by atoms with E-state index in [4.69, 9.17) is 11.6 Å². The highest BCUT2D eigenvalue weighted by Gasteiger charge is 2.40. The maximum absolute atomic E-state index is 12.6. The summed E-state index contributed by atoms with van der Waals surface area (Å²) < 4.78 is -0.684. The average Bonchev–Trinajstić information content (AvgIpc) is 2.38. The number of ketones is 1. The molecule has 1 aliphatic rings. The van der Waals surface area contributed by atoms with Crippen LogP contribution in [-0.4, -0.2) is 22.6 Å². The molecule has 1 aliphatic heterocycles. The predicted octanol–water partition coefficient (Wildman–Crippen LogP) is 3.83. The lowest BCUT2D eigenvalue weighted by atomic mass is 9.87. The molecule has 1 atom stereocenters. The van der Waals surface area contributed by atoms with Crippen LogP contribution in [0.25, 0.3) is 0 Å². The lowest BCUT2D eigenvalue weighted by Gasteiger charge is -2.34. The van der Waals surface area contributed by atoms with Crippen molar-refractivity contribution in [2.75, 3.05) is 11.4 Å². The highest BCUT2D eigenvalue weighted by Crippen LogP contribution is 2.33. The van der Waals surface area contributed by atoms with Gasteiger partial charge in [-0.05, 0) is 38.8 Å². The number of piperidine rings is 1. The Labute approximate surface area is 132 Å². The minimum Gasteiger partial charge on any atom is -0.310 e. The third kappa shape index (κ3) is 3.07. The summed E-state index contributed by atoms with van der Waals surface area (Å²) in [5.41, 5.74) is 0.684. The molecule has 1 heterocycles. The third-order valence-electron chi connectivity index (χ3n) is 3.48. The van der Waals surface area contributed by atoms with Crippen LogP contribution in [0.2, 0.25) is 5.02 Å². The minimum atomic E-state index is -0.684. The van der Waals surface area contributed by atoms with Gasteiger partial charge in [0.1, 0.15) is 0 Å². The standard InChI is InChI=1S/C15H17BrClNO2/c1-15(2,16)13(19)10-6-5-9-18(14(10)20)12-8-4-3-7-11(12)17/h3-4,7-8,10H,5-6,9H2,1-2H3. The fourth-order valence-corrected chi connectivity index (χ4v) is 2.96. The van der Waals surface area contributed by atoms with E-state index in [-0.39, 0.29) is 11.7 Å². The monoisotopic (exact) mass is 357 g/mol. The second kappa shape index (κ2) is 5.86. The van der Waals surface area contributed by atoms with Crippen molar-refractivity contribution in [3.05, 3.63) is 29.3 Å². The van der Waals surface area contributed by atoms with Crippen LogP contribution in [0.3, 0.4) is 0 Å². The van der Waals surface area contributed by atoms with Crippen LogP contribution in [0.4, 0.5) is 5.69 Å². The van der Waals surface area contributed by atoms with Crippen LogP contribution < -0.4 is 4.90 Å². The summed E-state index contributed by atoms with van der Waals surface area (Å²) in [4.78, 5) is 26.6. The minimum absolute atomic E-state index is 0.0701. The molecule has 5 heteroatoms. The number of carbonyl (C=O) groups excluding carboxylic acids is 2. The van der Waals surface area contributed by atoms with Gasteiger partial charge in [-0.25, -0.2) is 0 Å². The first-order valence-electron chi connectivity index (χ1n) is 6.61. The molecule has 20 heavy (non-hydrogen) atoms. The molecule has 1 aromatic rings. The summed E-state index contributed by atoms with van der Waals surface area (Å²) in [7, 11) is 0. The molecule has 0 N–H and O–H groups in total. The zero-order chi connectivity index (χ0) is 14.9. The van der Waals surface area contributed by atoms with Crippen LogP contribution in [0, 0.1) is 5.92 Å². The van der Waals surface area contributed by atoms with Gasteiger partial charge in [-0.1, -0.05) is 39.7 Å². The van der Waals surface area contributed by atoms with Gasteiger partial charge in [0.25, 0.3) is 0 Å². The lowest BCUT2D eigenvalue weighted by molar-refractivity contribution is -0.134. The molecule has 0 aromatic heterocycles. The number of rotatable bonds is 3. The Bertz CT molecular complexity index is 539. The number of para-hydroxylation sites is 1. The van der Waals surface area contributed by atoms with Crippen molar-refractivity contribution in [2.45, 2.75) is 31.0 Å². The van der Waals surface area contributed by atoms with E-state index >= 15 is 0 Å². The SMILES string of the molecule is CC(C)(Br)C(=O)C1CCCN(c2ccccc2Cl)C1=O. The van der Waals surface area contributed by atoms with E-state index in [0.29, 0.717) is 23.7 Å². The third-order valence-corrected chi connectivity index (χ3v) is 4.19. The van der Waals surface area contributed by atoms with E-state index in [1.807, 2.05) is 18.2 Å². The zero-order valence-corrected chi connectivity index (χ0v) is 13.9. The van der Waals surface area contributed by atoms with Gasteiger partial charge in [-0.3, -0.25) is 9.59 Å². The largest absolute Gasteiger partial charge is 0.310 e. The number of hydrogen-bond donors (Lipinski definition) is 0. The smallest absolute Gasteiger partial charge is 0.237 e. The number of Topliss-reactive ketones (excluding diaryl/α,β-unsaturated/α-hetero) is 1. The molecule has 1 aromatic carbocycles. The Kier molecular flexibility index (Phi) is 4.55. The molecule has 0 saturated carbocycles. The first-order valence-corrected chi connectivity index (χ1v) is 7.78. The normalized spacial score (nSPS) is 20.1. The fourth-order valence-electron chi connectivity index (χ4n) is 2.44. The van der Waals surface area contributed by atoms with Crippen molar-refractivity contribution in [1.82, 2.24) is 0 Å². The average molecular weight is 359 g/mol. The summed E-state index contributed by atoms with van der Waals surface area (Å²) in [6, 6.07) is 7.23. The topological polar surface area (TPSA) is 37.4 Å². The Balaban J connectivity index is 2.28. The molecular formula is C15H17BrClNO2. The summed E-state index contributed by atoms with van der Waals surface area (Å²) in [6.07, 6.45) is 1.41. The molecule has 1 amide bonds. The predicted molar refractivity (Wildman–Crippen MR) is 84.5 cm³/mol. The number of carbonyl (C=O) groups is 2. The number of anilines is 1. The van der Waals surface area contributed by atoms with Gasteiger partial charge in [-0.15, -0.1) is 0 Å². The van der Waals surface area contributed by atoms with E-state index in [1.165, 1.54) is 0 Å².